The molecule has 1 aromatic rings. The van der Waals surface area contributed by atoms with Gasteiger partial charge in [-0.2, -0.15) is 0 Å². The van der Waals surface area contributed by atoms with E-state index >= 15 is 0 Å². The number of hydrogen-bond acceptors (Lipinski definition) is 4. The average Bonchev–Trinajstić information content (AvgIpc) is 2.81. The molecule has 0 saturated heterocycles. The number of hydrogen-bond donors (Lipinski definition) is 2. The molecule has 1 aliphatic rings. The third-order valence-corrected chi connectivity index (χ3v) is 3.62. The Bertz CT molecular complexity index is 530. The van der Waals surface area contributed by atoms with E-state index in [4.69, 9.17) is 31.9 Å². The summed E-state index contributed by atoms with van der Waals surface area (Å²) in [5.74, 6) is 0.566. The Hall–Kier alpha value is -1.46. The number of ether oxygens (including phenoxy) is 2. The molecule has 20 heavy (non-hydrogen) atoms. The molecule has 0 aliphatic carbocycles. The minimum absolute atomic E-state index is 0.00345. The topological polar surface area (TPSA) is 81.8 Å². The second-order valence-electron chi connectivity index (χ2n) is 5.11. The van der Waals surface area contributed by atoms with E-state index < -0.39 is 12.0 Å². The quantitative estimate of drug-likeness (QED) is 0.873. The van der Waals surface area contributed by atoms with Gasteiger partial charge in [-0.25, -0.2) is 0 Å². The highest BCUT2D eigenvalue weighted by molar-refractivity contribution is 6.31. The molecule has 110 valence electrons. The zero-order chi connectivity index (χ0) is 14.9. The predicted molar refractivity (Wildman–Crippen MR) is 75.5 cm³/mol. The first-order chi connectivity index (χ1) is 9.41. The number of halogens is 1. The average molecular weight is 300 g/mol. The highest BCUT2D eigenvalue weighted by Crippen LogP contribution is 2.46. The fraction of sp³-hybridized carbons (Fsp3) is 0.500. The van der Waals surface area contributed by atoms with Gasteiger partial charge in [0.1, 0.15) is 0 Å². The summed E-state index contributed by atoms with van der Waals surface area (Å²) in [6, 6.07) is 1.25. The molecule has 0 spiro atoms. The molecule has 0 aromatic heterocycles. The van der Waals surface area contributed by atoms with Crippen LogP contribution < -0.4 is 15.2 Å². The second-order valence-corrected chi connectivity index (χ2v) is 5.52. The van der Waals surface area contributed by atoms with Crippen LogP contribution in [-0.2, 0) is 4.79 Å². The van der Waals surface area contributed by atoms with E-state index in [9.17, 15) is 4.79 Å². The summed E-state index contributed by atoms with van der Waals surface area (Å²) >= 11 is 6.30. The molecule has 1 aliphatic heterocycles. The van der Waals surface area contributed by atoms with Gasteiger partial charge in [0.05, 0.1) is 0 Å². The van der Waals surface area contributed by atoms with E-state index in [1.54, 1.807) is 6.07 Å². The van der Waals surface area contributed by atoms with Crippen LogP contribution in [-0.4, -0.2) is 17.9 Å². The number of fused-ring (bicyclic) bond motifs is 1. The van der Waals surface area contributed by atoms with E-state index in [2.05, 4.69) is 0 Å². The van der Waals surface area contributed by atoms with Crippen LogP contribution in [0, 0.1) is 0 Å². The number of carboxylic acid groups (broad SMARTS) is 1. The van der Waals surface area contributed by atoms with E-state index in [0.717, 1.165) is 11.1 Å². The number of nitrogens with two attached hydrogens (primary N) is 1. The lowest BCUT2D eigenvalue weighted by molar-refractivity contribution is -0.137. The maximum atomic E-state index is 10.7. The summed E-state index contributed by atoms with van der Waals surface area (Å²) in [7, 11) is 0. The number of benzene rings is 1. The molecular weight excluding hydrogens is 282 g/mol. The van der Waals surface area contributed by atoms with Crippen LogP contribution in [0.3, 0.4) is 0 Å². The summed E-state index contributed by atoms with van der Waals surface area (Å²) < 4.78 is 10.9. The molecule has 5 nitrogen and oxygen atoms in total. The van der Waals surface area contributed by atoms with E-state index in [1.165, 1.54) is 0 Å². The molecule has 0 radical (unpaired) electrons. The summed E-state index contributed by atoms with van der Waals surface area (Å²) in [6.45, 7) is 4.20. The van der Waals surface area contributed by atoms with E-state index in [-0.39, 0.29) is 19.1 Å². The lowest BCUT2D eigenvalue weighted by Crippen LogP contribution is -2.16. The summed E-state index contributed by atoms with van der Waals surface area (Å²) in [4.78, 5) is 10.7. The fourth-order valence-corrected chi connectivity index (χ4v) is 2.76. The zero-order valence-electron chi connectivity index (χ0n) is 11.5. The minimum atomic E-state index is -0.872. The van der Waals surface area contributed by atoms with Crippen molar-refractivity contribution in [1.29, 1.82) is 0 Å². The Balaban J connectivity index is 2.43. The van der Waals surface area contributed by atoms with Gasteiger partial charge in [0.25, 0.3) is 0 Å². The predicted octanol–water partition coefficient (Wildman–Crippen LogP) is 3.06. The maximum absolute atomic E-state index is 10.7. The van der Waals surface area contributed by atoms with Crippen molar-refractivity contribution in [3.8, 4) is 11.5 Å². The van der Waals surface area contributed by atoms with Gasteiger partial charge < -0.3 is 20.3 Å². The maximum Gasteiger partial charge on any atom is 0.303 e. The third kappa shape index (κ3) is 2.83. The Kier molecular flexibility index (Phi) is 4.40. The van der Waals surface area contributed by atoms with Crippen LogP contribution in [0.5, 0.6) is 11.5 Å². The van der Waals surface area contributed by atoms with Crippen LogP contribution >= 0.6 is 11.6 Å². The van der Waals surface area contributed by atoms with Crippen molar-refractivity contribution in [3.63, 3.8) is 0 Å². The smallest absolute Gasteiger partial charge is 0.303 e. The van der Waals surface area contributed by atoms with Crippen molar-refractivity contribution < 1.29 is 19.4 Å². The highest BCUT2D eigenvalue weighted by Gasteiger charge is 2.28. The number of carboxylic acids is 1. The summed E-state index contributed by atoms with van der Waals surface area (Å²) in [6.07, 6.45) is 0.331. The molecule has 6 heteroatoms. The highest BCUT2D eigenvalue weighted by atomic mass is 35.5. The van der Waals surface area contributed by atoms with Gasteiger partial charge in [-0.05, 0) is 17.9 Å². The van der Waals surface area contributed by atoms with Crippen LogP contribution in [0.4, 0.5) is 0 Å². The molecule has 1 heterocycles. The Morgan fingerprint density at radius 3 is 2.75 bits per heavy atom. The Morgan fingerprint density at radius 1 is 1.45 bits per heavy atom. The molecule has 1 unspecified atom stereocenters. The standard InChI is InChI=1S/C14H18ClNO4/c1-7(2)12-13(9(16)3-4-11(17)18)8(15)5-10-14(12)20-6-19-10/h5,7,9H,3-4,6,16H2,1-2H3,(H,17,18). The number of carbonyl (C=O) groups is 1. The molecule has 0 fully saturated rings. The Labute approximate surface area is 122 Å². The molecule has 2 rings (SSSR count). The fourth-order valence-electron chi connectivity index (χ4n) is 2.42. The van der Waals surface area contributed by atoms with Gasteiger partial charge in [-0.3, -0.25) is 4.79 Å². The van der Waals surface area contributed by atoms with Gasteiger partial charge in [-0.1, -0.05) is 25.4 Å². The number of aliphatic carboxylic acids is 1. The largest absolute Gasteiger partial charge is 0.481 e. The summed E-state index contributed by atoms with van der Waals surface area (Å²) in [5, 5.41) is 9.27. The molecule has 0 amide bonds. The zero-order valence-corrected chi connectivity index (χ0v) is 12.2. The van der Waals surface area contributed by atoms with Crippen molar-refractivity contribution in [1.82, 2.24) is 0 Å². The van der Waals surface area contributed by atoms with Crippen molar-refractivity contribution in [2.24, 2.45) is 5.73 Å². The van der Waals surface area contributed by atoms with Crippen LogP contribution in [0.2, 0.25) is 5.02 Å². The molecule has 1 atom stereocenters. The van der Waals surface area contributed by atoms with Gasteiger partial charge in [-0.15, -0.1) is 0 Å². The van der Waals surface area contributed by atoms with Gasteiger partial charge >= 0.3 is 5.97 Å². The van der Waals surface area contributed by atoms with Crippen LogP contribution in [0.1, 0.15) is 49.8 Å². The molecular formula is C14H18ClNO4. The van der Waals surface area contributed by atoms with Crippen molar-refractivity contribution >= 4 is 17.6 Å². The Morgan fingerprint density at radius 2 is 2.15 bits per heavy atom. The first-order valence-corrected chi connectivity index (χ1v) is 6.88. The normalized spacial score (nSPS) is 14.7. The monoisotopic (exact) mass is 299 g/mol. The van der Waals surface area contributed by atoms with E-state index in [0.29, 0.717) is 22.9 Å². The first-order valence-electron chi connectivity index (χ1n) is 6.51. The molecule has 1 aromatic carbocycles. The lowest BCUT2D eigenvalue weighted by atomic mass is 9.90. The molecule has 0 saturated carbocycles. The molecule has 0 bridgehead atoms. The van der Waals surface area contributed by atoms with Gasteiger partial charge in [0.15, 0.2) is 11.5 Å². The van der Waals surface area contributed by atoms with Crippen molar-refractivity contribution in [3.05, 3.63) is 22.2 Å². The summed E-state index contributed by atoms with van der Waals surface area (Å²) in [5.41, 5.74) is 7.79. The van der Waals surface area contributed by atoms with Crippen molar-refractivity contribution in [2.45, 2.75) is 38.6 Å². The molecule has 3 N–H and O–H groups in total. The number of rotatable bonds is 5. The lowest BCUT2D eigenvalue weighted by Gasteiger charge is -2.21. The third-order valence-electron chi connectivity index (χ3n) is 3.31. The SMILES string of the molecule is CC(C)c1c2c(cc(Cl)c1C(N)CCC(=O)O)OCO2. The minimum Gasteiger partial charge on any atom is -0.481 e. The second kappa shape index (κ2) is 5.89. The van der Waals surface area contributed by atoms with Crippen LogP contribution in [0.15, 0.2) is 6.07 Å². The van der Waals surface area contributed by atoms with E-state index in [1.807, 2.05) is 13.8 Å². The first kappa shape index (κ1) is 14.9. The van der Waals surface area contributed by atoms with Gasteiger partial charge in [0.2, 0.25) is 6.79 Å². The van der Waals surface area contributed by atoms with Crippen LogP contribution in [0.25, 0.3) is 0 Å². The van der Waals surface area contributed by atoms with Crippen molar-refractivity contribution in [2.75, 3.05) is 6.79 Å². The van der Waals surface area contributed by atoms with Gasteiger partial charge in [0, 0.05) is 29.1 Å².